The normalized spacial score (nSPS) is 21.2. The average Bonchev–Trinajstić information content (AvgIpc) is 3.22. The van der Waals surface area contributed by atoms with E-state index in [0.29, 0.717) is 5.92 Å². The van der Waals surface area contributed by atoms with E-state index in [1.54, 1.807) is 0 Å². The molecule has 2 fully saturated rings. The lowest BCUT2D eigenvalue weighted by atomic mass is 10.1. The Kier molecular flexibility index (Phi) is 10.6. The molecular weight excluding hydrogens is 390 g/mol. The SMILES string of the molecule is CN=C(NCCCOCC1CCOC1)NCc1ccc(CN2CCCN(C)CC2)cc1. The van der Waals surface area contributed by atoms with Crippen molar-refractivity contribution in [1.82, 2.24) is 20.4 Å². The average molecular weight is 432 g/mol. The van der Waals surface area contributed by atoms with Crippen molar-refractivity contribution in [2.24, 2.45) is 10.9 Å². The van der Waals surface area contributed by atoms with Gasteiger partial charge in [-0.1, -0.05) is 24.3 Å². The second-order valence-electron chi connectivity index (χ2n) is 8.76. The Morgan fingerprint density at radius 1 is 1.13 bits per heavy atom. The van der Waals surface area contributed by atoms with Gasteiger partial charge < -0.3 is 25.0 Å². The predicted octanol–water partition coefficient (Wildman–Crippen LogP) is 1.93. The first-order chi connectivity index (χ1) is 15.2. The minimum Gasteiger partial charge on any atom is -0.381 e. The number of rotatable bonds is 10. The molecule has 174 valence electrons. The van der Waals surface area contributed by atoms with Gasteiger partial charge in [0.1, 0.15) is 0 Å². The molecule has 0 saturated carbocycles. The lowest BCUT2D eigenvalue weighted by Crippen LogP contribution is -2.37. The van der Waals surface area contributed by atoms with Gasteiger partial charge in [0, 0.05) is 58.9 Å². The van der Waals surface area contributed by atoms with Crippen LogP contribution in [0.2, 0.25) is 0 Å². The first kappa shape index (κ1) is 24.0. The van der Waals surface area contributed by atoms with E-state index >= 15 is 0 Å². The highest BCUT2D eigenvalue weighted by atomic mass is 16.5. The Bertz CT molecular complexity index is 646. The summed E-state index contributed by atoms with van der Waals surface area (Å²) in [5.74, 6) is 1.42. The van der Waals surface area contributed by atoms with E-state index in [9.17, 15) is 0 Å². The Balaban J connectivity index is 1.29. The molecule has 2 heterocycles. The molecule has 0 aliphatic carbocycles. The summed E-state index contributed by atoms with van der Waals surface area (Å²) < 4.78 is 11.1. The summed E-state index contributed by atoms with van der Waals surface area (Å²) in [5.41, 5.74) is 2.66. The van der Waals surface area contributed by atoms with Gasteiger partial charge in [0.2, 0.25) is 0 Å². The van der Waals surface area contributed by atoms with Crippen molar-refractivity contribution in [3.63, 3.8) is 0 Å². The molecule has 0 bridgehead atoms. The summed E-state index contributed by atoms with van der Waals surface area (Å²) in [4.78, 5) is 9.31. The van der Waals surface area contributed by atoms with Crippen LogP contribution in [-0.2, 0) is 22.6 Å². The predicted molar refractivity (Wildman–Crippen MR) is 126 cm³/mol. The van der Waals surface area contributed by atoms with Gasteiger partial charge >= 0.3 is 0 Å². The molecule has 2 saturated heterocycles. The third-order valence-corrected chi connectivity index (χ3v) is 6.06. The van der Waals surface area contributed by atoms with Crippen LogP contribution in [0, 0.1) is 5.92 Å². The van der Waals surface area contributed by atoms with Gasteiger partial charge in [-0.15, -0.1) is 0 Å². The topological polar surface area (TPSA) is 61.4 Å². The smallest absolute Gasteiger partial charge is 0.191 e. The van der Waals surface area contributed by atoms with E-state index in [-0.39, 0.29) is 0 Å². The molecule has 2 aliphatic heterocycles. The molecule has 7 nitrogen and oxygen atoms in total. The second kappa shape index (κ2) is 13.7. The minimum absolute atomic E-state index is 0.583. The lowest BCUT2D eigenvalue weighted by molar-refractivity contribution is 0.0888. The number of guanidine groups is 1. The number of nitrogens with one attached hydrogen (secondary N) is 2. The quantitative estimate of drug-likeness (QED) is 0.335. The summed E-state index contributed by atoms with van der Waals surface area (Å²) in [5, 5.41) is 6.77. The highest BCUT2D eigenvalue weighted by molar-refractivity contribution is 5.79. The van der Waals surface area contributed by atoms with Crippen molar-refractivity contribution in [2.75, 3.05) is 73.2 Å². The maximum atomic E-state index is 5.75. The molecule has 2 aliphatic rings. The van der Waals surface area contributed by atoms with Gasteiger partial charge in [-0.25, -0.2) is 0 Å². The summed E-state index contributed by atoms with van der Waals surface area (Å²) in [6.45, 7) is 10.7. The van der Waals surface area contributed by atoms with E-state index in [1.807, 2.05) is 7.05 Å². The molecule has 0 radical (unpaired) electrons. The first-order valence-electron chi connectivity index (χ1n) is 11.8. The van der Waals surface area contributed by atoms with Gasteiger partial charge in [-0.3, -0.25) is 9.89 Å². The molecule has 7 heteroatoms. The number of aliphatic imine (C=N–C) groups is 1. The molecule has 1 atom stereocenters. The van der Waals surface area contributed by atoms with E-state index < -0.39 is 0 Å². The van der Waals surface area contributed by atoms with Crippen molar-refractivity contribution in [1.29, 1.82) is 0 Å². The Morgan fingerprint density at radius 3 is 2.74 bits per heavy atom. The molecule has 3 rings (SSSR count). The largest absolute Gasteiger partial charge is 0.381 e. The number of benzene rings is 1. The van der Waals surface area contributed by atoms with E-state index in [0.717, 1.165) is 78.0 Å². The third-order valence-electron chi connectivity index (χ3n) is 6.06. The van der Waals surface area contributed by atoms with Crippen molar-refractivity contribution in [3.05, 3.63) is 35.4 Å². The van der Waals surface area contributed by atoms with Gasteiger partial charge in [-0.2, -0.15) is 0 Å². The highest BCUT2D eigenvalue weighted by Crippen LogP contribution is 2.12. The van der Waals surface area contributed by atoms with Crippen LogP contribution in [0.15, 0.2) is 29.3 Å². The summed E-state index contributed by atoms with van der Waals surface area (Å²) >= 11 is 0. The number of ether oxygens (including phenoxy) is 2. The molecule has 2 N–H and O–H groups in total. The summed E-state index contributed by atoms with van der Waals surface area (Å²) in [7, 11) is 4.03. The van der Waals surface area contributed by atoms with Gasteiger partial charge in [-0.05, 0) is 50.5 Å². The van der Waals surface area contributed by atoms with Crippen LogP contribution in [0.3, 0.4) is 0 Å². The maximum absolute atomic E-state index is 5.75. The molecule has 1 unspecified atom stereocenters. The Morgan fingerprint density at radius 2 is 1.97 bits per heavy atom. The zero-order valence-electron chi connectivity index (χ0n) is 19.4. The van der Waals surface area contributed by atoms with E-state index in [2.05, 4.69) is 56.7 Å². The molecule has 0 aromatic heterocycles. The zero-order valence-corrected chi connectivity index (χ0v) is 19.4. The van der Waals surface area contributed by atoms with Crippen LogP contribution in [0.1, 0.15) is 30.4 Å². The molecule has 0 spiro atoms. The third kappa shape index (κ3) is 9.15. The fourth-order valence-corrected chi connectivity index (χ4v) is 4.03. The van der Waals surface area contributed by atoms with Crippen LogP contribution in [0.4, 0.5) is 0 Å². The molecular formula is C24H41N5O2. The van der Waals surface area contributed by atoms with Crippen molar-refractivity contribution in [3.8, 4) is 0 Å². The monoisotopic (exact) mass is 431 g/mol. The fraction of sp³-hybridized carbons (Fsp3) is 0.708. The van der Waals surface area contributed by atoms with Gasteiger partial charge in [0.15, 0.2) is 5.96 Å². The zero-order chi connectivity index (χ0) is 21.7. The van der Waals surface area contributed by atoms with Crippen LogP contribution in [0.5, 0.6) is 0 Å². The highest BCUT2D eigenvalue weighted by Gasteiger charge is 2.15. The van der Waals surface area contributed by atoms with Crippen LogP contribution in [-0.4, -0.2) is 89.0 Å². The fourth-order valence-electron chi connectivity index (χ4n) is 4.03. The van der Waals surface area contributed by atoms with E-state index in [4.69, 9.17) is 9.47 Å². The Labute approximate surface area is 188 Å². The van der Waals surface area contributed by atoms with Crippen LogP contribution >= 0.6 is 0 Å². The van der Waals surface area contributed by atoms with Crippen molar-refractivity contribution in [2.45, 2.75) is 32.4 Å². The Hall–Kier alpha value is -1.67. The van der Waals surface area contributed by atoms with Crippen LogP contribution < -0.4 is 10.6 Å². The van der Waals surface area contributed by atoms with Gasteiger partial charge in [0.25, 0.3) is 0 Å². The minimum atomic E-state index is 0.583. The molecule has 1 aromatic rings. The van der Waals surface area contributed by atoms with Gasteiger partial charge in [0.05, 0.1) is 13.2 Å². The first-order valence-corrected chi connectivity index (χ1v) is 11.8. The molecule has 0 amide bonds. The number of hydrogen-bond donors (Lipinski definition) is 2. The van der Waals surface area contributed by atoms with Crippen LogP contribution in [0.25, 0.3) is 0 Å². The van der Waals surface area contributed by atoms with Crippen molar-refractivity contribution < 1.29 is 9.47 Å². The standard InChI is InChI=1S/C24H41N5O2/c1-25-24(26-10-3-15-30-19-23-9-16-31-20-23)27-17-21-5-7-22(8-6-21)18-29-12-4-11-28(2)13-14-29/h5-8,23H,3-4,9-20H2,1-2H3,(H2,25,26,27). The molecule has 31 heavy (non-hydrogen) atoms. The summed E-state index contributed by atoms with van der Waals surface area (Å²) in [6.07, 6.45) is 3.35. The lowest BCUT2D eigenvalue weighted by Gasteiger charge is -2.20. The number of nitrogens with zero attached hydrogens (tertiary/aromatic N) is 3. The second-order valence-corrected chi connectivity index (χ2v) is 8.76. The maximum Gasteiger partial charge on any atom is 0.191 e. The molecule has 1 aromatic carbocycles. The van der Waals surface area contributed by atoms with E-state index in [1.165, 1.54) is 30.6 Å². The number of likely N-dealkylation sites (N-methyl/N-ethyl adjacent to an activating group) is 1. The van der Waals surface area contributed by atoms with Crippen molar-refractivity contribution >= 4 is 5.96 Å². The number of hydrogen-bond acceptors (Lipinski definition) is 5. The summed E-state index contributed by atoms with van der Waals surface area (Å²) in [6, 6.07) is 8.96.